The summed E-state index contributed by atoms with van der Waals surface area (Å²) in [4.78, 5) is 27.7. The van der Waals surface area contributed by atoms with Gasteiger partial charge in [-0.25, -0.2) is 9.78 Å². The standard InChI is InChI=1S/C19H22F3N5O2/c1-12(2)26-18(29)27-14-6-3-5-13(11-14)17(28)25-10-9-24-16-15(19(20,21)22)7-4-8-23-16/h3-8,11-12H,9-10H2,1-2H3,(H,23,24)(H,25,28)(H2,26,27,29). The maximum atomic E-state index is 12.9. The maximum absolute atomic E-state index is 12.9. The Morgan fingerprint density at radius 3 is 2.55 bits per heavy atom. The van der Waals surface area contributed by atoms with Crippen molar-refractivity contribution in [3.05, 3.63) is 53.7 Å². The van der Waals surface area contributed by atoms with Gasteiger partial charge in [-0.05, 0) is 44.2 Å². The smallest absolute Gasteiger partial charge is 0.368 e. The van der Waals surface area contributed by atoms with Crippen LogP contribution in [0.15, 0.2) is 42.6 Å². The van der Waals surface area contributed by atoms with Gasteiger partial charge in [0.1, 0.15) is 5.82 Å². The third-order valence-electron chi connectivity index (χ3n) is 3.62. The number of pyridine rings is 1. The molecular weight excluding hydrogens is 387 g/mol. The number of nitrogens with one attached hydrogen (secondary N) is 4. The molecule has 0 aliphatic rings. The van der Waals surface area contributed by atoms with Gasteiger partial charge in [-0.15, -0.1) is 0 Å². The summed E-state index contributed by atoms with van der Waals surface area (Å²) in [5, 5.41) is 10.5. The second-order valence-corrected chi connectivity index (χ2v) is 6.41. The molecule has 3 amide bonds. The number of amides is 3. The Balaban J connectivity index is 1.88. The van der Waals surface area contributed by atoms with Crippen LogP contribution in [0, 0.1) is 0 Å². The van der Waals surface area contributed by atoms with Gasteiger partial charge in [-0.1, -0.05) is 6.07 Å². The average Bonchev–Trinajstić information content (AvgIpc) is 2.64. The SMILES string of the molecule is CC(C)NC(=O)Nc1cccc(C(=O)NCCNc2ncccc2C(F)(F)F)c1. The van der Waals surface area contributed by atoms with Crippen LogP contribution in [0.3, 0.4) is 0 Å². The molecule has 0 bridgehead atoms. The number of halogens is 3. The monoisotopic (exact) mass is 409 g/mol. The molecule has 2 aromatic rings. The number of rotatable bonds is 7. The van der Waals surface area contributed by atoms with Crippen LogP contribution in [0.4, 0.5) is 29.5 Å². The van der Waals surface area contributed by atoms with E-state index in [4.69, 9.17) is 0 Å². The molecule has 1 aromatic heterocycles. The van der Waals surface area contributed by atoms with Crippen molar-refractivity contribution >= 4 is 23.4 Å². The van der Waals surface area contributed by atoms with Gasteiger partial charge in [0.2, 0.25) is 0 Å². The van der Waals surface area contributed by atoms with Gasteiger partial charge in [0.05, 0.1) is 5.56 Å². The molecule has 0 unspecified atom stereocenters. The molecule has 2 rings (SSSR count). The minimum absolute atomic E-state index is 0.0362. The second kappa shape index (κ2) is 9.76. The van der Waals surface area contributed by atoms with Crippen LogP contribution in [0.1, 0.15) is 29.8 Å². The lowest BCUT2D eigenvalue weighted by atomic mass is 10.2. The lowest BCUT2D eigenvalue weighted by Crippen LogP contribution is -2.34. The summed E-state index contributed by atoms with van der Waals surface area (Å²) >= 11 is 0. The summed E-state index contributed by atoms with van der Waals surface area (Å²) in [5.74, 6) is -0.714. The Bertz CT molecular complexity index is 856. The molecule has 0 spiro atoms. The fourth-order valence-corrected chi connectivity index (χ4v) is 2.40. The summed E-state index contributed by atoms with van der Waals surface area (Å²) in [6.45, 7) is 3.78. The number of nitrogens with zero attached hydrogens (tertiary/aromatic N) is 1. The van der Waals surface area contributed by atoms with E-state index in [-0.39, 0.29) is 24.9 Å². The zero-order chi connectivity index (χ0) is 21.4. The highest BCUT2D eigenvalue weighted by Crippen LogP contribution is 2.33. The number of benzene rings is 1. The first kappa shape index (κ1) is 22.0. The number of alkyl halides is 3. The van der Waals surface area contributed by atoms with Gasteiger partial charge in [-0.3, -0.25) is 4.79 Å². The van der Waals surface area contributed by atoms with Gasteiger partial charge < -0.3 is 21.3 Å². The normalized spacial score (nSPS) is 11.1. The van der Waals surface area contributed by atoms with Crippen molar-refractivity contribution in [2.24, 2.45) is 0 Å². The van der Waals surface area contributed by atoms with E-state index in [1.165, 1.54) is 18.3 Å². The largest absolute Gasteiger partial charge is 0.419 e. The minimum atomic E-state index is -4.52. The highest BCUT2D eigenvalue weighted by atomic mass is 19.4. The van der Waals surface area contributed by atoms with Crippen molar-refractivity contribution in [2.45, 2.75) is 26.1 Å². The van der Waals surface area contributed by atoms with E-state index < -0.39 is 23.7 Å². The van der Waals surface area contributed by atoms with Crippen LogP contribution in [0.25, 0.3) is 0 Å². The molecule has 0 fully saturated rings. The number of carbonyl (C=O) groups is 2. The van der Waals surface area contributed by atoms with E-state index in [1.54, 1.807) is 18.2 Å². The number of urea groups is 1. The molecule has 0 saturated carbocycles. The molecule has 7 nitrogen and oxygen atoms in total. The predicted octanol–water partition coefficient (Wildman–Crippen LogP) is 3.47. The van der Waals surface area contributed by atoms with E-state index in [1.807, 2.05) is 13.8 Å². The molecule has 29 heavy (non-hydrogen) atoms. The van der Waals surface area contributed by atoms with Crippen molar-refractivity contribution in [3.8, 4) is 0 Å². The van der Waals surface area contributed by atoms with E-state index >= 15 is 0 Å². The highest BCUT2D eigenvalue weighted by Gasteiger charge is 2.33. The van der Waals surface area contributed by atoms with E-state index in [0.717, 1.165) is 6.07 Å². The van der Waals surface area contributed by atoms with Crippen molar-refractivity contribution in [1.29, 1.82) is 0 Å². The first-order valence-electron chi connectivity index (χ1n) is 8.88. The summed E-state index contributed by atoms with van der Waals surface area (Å²) in [6.07, 6.45) is -3.26. The zero-order valence-corrected chi connectivity index (χ0v) is 15.9. The first-order chi connectivity index (χ1) is 13.7. The molecule has 0 aliphatic carbocycles. The Labute approximate surface area is 166 Å². The predicted molar refractivity (Wildman–Crippen MR) is 104 cm³/mol. The molecule has 1 heterocycles. The fourth-order valence-electron chi connectivity index (χ4n) is 2.40. The Morgan fingerprint density at radius 2 is 1.86 bits per heavy atom. The van der Waals surface area contributed by atoms with E-state index in [9.17, 15) is 22.8 Å². The summed E-state index contributed by atoms with van der Waals surface area (Å²) in [5.41, 5.74) is -0.122. The van der Waals surface area contributed by atoms with Gasteiger partial charge >= 0.3 is 12.2 Å². The Morgan fingerprint density at radius 1 is 1.10 bits per heavy atom. The molecule has 0 saturated heterocycles. The van der Waals surface area contributed by atoms with Crippen molar-refractivity contribution in [3.63, 3.8) is 0 Å². The van der Waals surface area contributed by atoms with E-state index in [0.29, 0.717) is 11.3 Å². The van der Waals surface area contributed by atoms with Crippen LogP contribution >= 0.6 is 0 Å². The number of aromatic nitrogens is 1. The molecule has 4 N–H and O–H groups in total. The van der Waals surface area contributed by atoms with Gasteiger partial charge in [0.25, 0.3) is 5.91 Å². The quantitative estimate of drug-likeness (QED) is 0.527. The lowest BCUT2D eigenvalue weighted by molar-refractivity contribution is -0.137. The molecule has 0 radical (unpaired) electrons. The Hall–Kier alpha value is -3.30. The summed E-state index contributed by atoms with van der Waals surface area (Å²) in [6, 6.07) is 8.03. The fraction of sp³-hybridized carbons (Fsp3) is 0.316. The highest BCUT2D eigenvalue weighted by molar-refractivity contribution is 5.96. The zero-order valence-electron chi connectivity index (χ0n) is 15.9. The lowest BCUT2D eigenvalue weighted by Gasteiger charge is -2.13. The van der Waals surface area contributed by atoms with E-state index in [2.05, 4.69) is 26.3 Å². The van der Waals surface area contributed by atoms with Gasteiger partial charge in [0, 0.05) is 36.6 Å². The molecule has 0 atom stereocenters. The van der Waals surface area contributed by atoms with Crippen LogP contribution in [-0.4, -0.2) is 36.1 Å². The number of hydrogen-bond donors (Lipinski definition) is 4. The second-order valence-electron chi connectivity index (χ2n) is 6.41. The molecular formula is C19H22F3N5O2. The topological polar surface area (TPSA) is 95.2 Å². The van der Waals surface area contributed by atoms with Crippen LogP contribution in [0.5, 0.6) is 0 Å². The van der Waals surface area contributed by atoms with Crippen molar-refractivity contribution < 1.29 is 22.8 Å². The van der Waals surface area contributed by atoms with Crippen LogP contribution in [-0.2, 0) is 6.18 Å². The van der Waals surface area contributed by atoms with Gasteiger partial charge in [0.15, 0.2) is 0 Å². The number of carbonyl (C=O) groups excluding carboxylic acids is 2. The number of anilines is 2. The third-order valence-corrected chi connectivity index (χ3v) is 3.62. The summed E-state index contributed by atoms with van der Waals surface area (Å²) in [7, 11) is 0. The maximum Gasteiger partial charge on any atom is 0.419 e. The number of hydrogen-bond acceptors (Lipinski definition) is 4. The van der Waals surface area contributed by atoms with Gasteiger partial charge in [-0.2, -0.15) is 13.2 Å². The average molecular weight is 409 g/mol. The third kappa shape index (κ3) is 6.98. The molecule has 1 aromatic carbocycles. The minimum Gasteiger partial charge on any atom is -0.368 e. The first-order valence-corrected chi connectivity index (χ1v) is 8.88. The molecule has 0 aliphatic heterocycles. The Kier molecular flexibility index (Phi) is 7.40. The molecule has 156 valence electrons. The van der Waals surface area contributed by atoms with Crippen molar-refractivity contribution in [1.82, 2.24) is 15.6 Å². The van der Waals surface area contributed by atoms with Crippen LogP contribution in [0.2, 0.25) is 0 Å². The summed E-state index contributed by atoms with van der Waals surface area (Å²) < 4.78 is 38.8. The van der Waals surface area contributed by atoms with Crippen molar-refractivity contribution in [2.75, 3.05) is 23.7 Å². The molecule has 10 heteroatoms. The van der Waals surface area contributed by atoms with Crippen LogP contribution < -0.4 is 21.3 Å².